The van der Waals surface area contributed by atoms with Gasteiger partial charge in [-0.3, -0.25) is 14.7 Å². The van der Waals surface area contributed by atoms with Crippen LogP contribution in [0.5, 0.6) is 0 Å². The molecule has 0 radical (unpaired) electrons. The maximum atomic E-state index is 12.3. The second-order valence-corrected chi connectivity index (χ2v) is 6.38. The maximum absolute atomic E-state index is 12.3. The Hall–Kier alpha value is -2.89. The van der Waals surface area contributed by atoms with Gasteiger partial charge in [0, 0.05) is 5.39 Å². The second kappa shape index (κ2) is 6.44. The fraction of sp³-hybridized carbons (Fsp3) is 0. The molecule has 2 amide bonds. The number of para-hydroxylation sites is 2. The normalized spacial score (nSPS) is 15.1. The lowest BCUT2D eigenvalue weighted by atomic mass is 10.1. The van der Waals surface area contributed by atoms with Crippen LogP contribution in [-0.4, -0.2) is 22.0 Å². The minimum absolute atomic E-state index is 0.270. The Morgan fingerprint density at radius 2 is 1.54 bits per heavy atom. The first-order valence-electron chi connectivity index (χ1n) is 7.72. The van der Waals surface area contributed by atoms with Gasteiger partial charge in [0.2, 0.25) is 0 Å². The fourth-order valence-electron chi connectivity index (χ4n) is 2.81. The molecule has 0 unspecified atom stereocenters. The van der Waals surface area contributed by atoms with Gasteiger partial charge in [-0.15, -0.1) is 0 Å². The van der Waals surface area contributed by atoms with Crippen molar-refractivity contribution in [1.29, 1.82) is 0 Å². The van der Waals surface area contributed by atoms with Gasteiger partial charge in [-0.05, 0) is 23.8 Å². The van der Waals surface area contributed by atoms with Crippen LogP contribution in [0.4, 0.5) is 5.69 Å². The molecule has 0 bridgehead atoms. The minimum Gasteiger partial charge on any atom is -0.277 e. The van der Waals surface area contributed by atoms with Gasteiger partial charge in [0.1, 0.15) is 10.1 Å². The Kier molecular flexibility index (Phi) is 4.11. The molecule has 5 nitrogen and oxygen atoms in total. The zero-order chi connectivity index (χ0) is 18.3. The molecule has 0 saturated carbocycles. The molecule has 0 aliphatic carbocycles. The van der Waals surface area contributed by atoms with Crippen molar-refractivity contribution in [2.24, 2.45) is 0 Å². The van der Waals surface area contributed by atoms with Crippen molar-refractivity contribution >= 4 is 63.8 Å². The largest absolute Gasteiger partial charge is 0.278 e. The van der Waals surface area contributed by atoms with E-state index >= 15 is 0 Å². The Morgan fingerprint density at radius 1 is 0.885 bits per heavy atom. The lowest BCUT2D eigenvalue weighted by Crippen LogP contribution is -2.31. The predicted octanol–water partition coefficient (Wildman–Crippen LogP) is 4.30. The average Bonchev–Trinajstić information content (AvgIpc) is 3.16. The first-order valence-corrected chi connectivity index (χ1v) is 8.48. The molecule has 2 heterocycles. The van der Waals surface area contributed by atoms with Gasteiger partial charge in [-0.2, -0.15) is 5.10 Å². The third kappa shape index (κ3) is 2.62. The number of carbonyl (C=O) groups excluding carboxylic acids is 2. The highest BCUT2D eigenvalue weighted by atomic mass is 35.5. The van der Waals surface area contributed by atoms with Crippen LogP contribution in [0, 0.1) is 0 Å². The molecule has 1 aromatic heterocycles. The summed E-state index contributed by atoms with van der Waals surface area (Å²) in [5.41, 5.74) is 2.75. The molecule has 1 N–H and O–H groups in total. The highest BCUT2D eigenvalue weighted by Gasteiger charge is 2.38. The Balaban J connectivity index is 1.73. The van der Waals surface area contributed by atoms with E-state index in [1.165, 1.54) is 0 Å². The van der Waals surface area contributed by atoms with Gasteiger partial charge in [0.25, 0.3) is 11.8 Å². The first kappa shape index (κ1) is 16.6. The third-order valence-electron chi connectivity index (χ3n) is 4.07. The number of amides is 2. The number of H-pyrrole nitrogens is 1. The summed E-state index contributed by atoms with van der Waals surface area (Å²) in [5.74, 6) is -1.26. The number of carbonyl (C=O) groups is 2. The van der Waals surface area contributed by atoms with E-state index in [1.54, 1.807) is 24.3 Å². The molecule has 3 aromatic rings. The lowest BCUT2D eigenvalue weighted by molar-refractivity contribution is -0.120. The first-order chi connectivity index (χ1) is 12.6. The van der Waals surface area contributed by atoms with Gasteiger partial charge < -0.3 is 0 Å². The quantitative estimate of drug-likeness (QED) is 0.685. The van der Waals surface area contributed by atoms with Crippen LogP contribution in [0.15, 0.2) is 58.6 Å². The molecule has 1 aliphatic heterocycles. The van der Waals surface area contributed by atoms with Gasteiger partial charge in [-0.25, -0.2) is 4.90 Å². The van der Waals surface area contributed by atoms with Gasteiger partial charge in [-0.1, -0.05) is 65.7 Å². The number of aromatic nitrogens is 2. The van der Waals surface area contributed by atoms with Crippen LogP contribution < -0.4 is 4.90 Å². The van der Waals surface area contributed by atoms with E-state index in [4.69, 9.17) is 23.2 Å². The SMILES string of the molecule is O=C1C(Cl)=C(Cl)C(=O)N1c1ccccc1/C=C/c1n[nH]c2ccccc12. The lowest BCUT2D eigenvalue weighted by Gasteiger charge is -2.16. The number of imide groups is 1. The molecule has 0 atom stereocenters. The number of nitrogens with one attached hydrogen (secondary N) is 1. The van der Waals surface area contributed by atoms with Crippen molar-refractivity contribution in [3.63, 3.8) is 0 Å². The van der Waals surface area contributed by atoms with E-state index in [-0.39, 0.29) is 10.1 Å². The van der Waals surface area contributed by atoms with E-state index in [1.807, 2.05) is 36.4 Å². The summed E-state index contributed by atoms with van der Waals surface area (Å²) in [7, 11) is 0. The molecule has 0 saturated heterocycles. The number of halogens is 2. The molecule has 0 fully saturated rings. The summed E-state index contributed by atoms with van der Waals surface area (Å²) in [6.07, 6.45) is 3.61. The van der Waals surface area contributed by atoms with Crippen molar-refractivity contribution in [2.75, 3.05) is 4.90 Å². The van der Waals surface area contributed by atoms with Crippen LogP contribution in [0.3, 0.4) is 0 Å². The van der Waals surface area contributed by atoms with Crippen molar-refractivity contribution in [2.45, 2.75) is 0 Å². The summed E-state index contributed by atoms with van der Waals surface area (Å²) in [6.45, 7) is 0. The Morgan fingerprint density at radius 3 is 2.31 bits per heavy atom. The maximum Gasteiger partial charge on any atom is 0.278 e. The highest BCUT2D eigenvalue weighted by molar-refractivity contribution is 6.62. The van der Waals surface area contributed by atoms with Crippen molar-refractivity contribution in [3.8, 4) is 0 Å². The minimum atomic E-state index is -0.632. The third-order valence-corrected chi connectivity index (χ3v) is 4.87. The summed E-state index contributed by atoms with van der Waals surface area (Å²) in [6, 6.07) is 14.8. The van der Waals surface area contributed by atoms with Crippen molar-refractivity contribution < 1.29 is 9.59 Å². The van der Waals surface area contributed by atoms with Crippen LogP contribution in [0.25, 0.3) is 23.1 Å². The molecule has 1 aliphatic rings. The van der Waals surface area contributed by atoms with Crippen LogP contribution in [-0.2, 0) is 9.59 Å². The fourth-order valence-corrected chi connectivity index (χ4v) is 3.14. The molecule has 0 spiro atoms. The standard InChI is InChI=1S/C19H11Cl2N3O2/c20-16-17(21)19(26)24(18(16)25)15-8-4-1-5-11(15)9-10-14-12-6-2-3-7-13(12)22-23-14/h1-10H,(H,22,23)/b10-9+. The van der Waals surface area contributed by atoms with Gasteiger partial charge >= 0.3 is 0 Å². The summed E-state index contributed by atoms with van der Waals surface area (Å²) < 4.78 is 0. The zero-order valence-corrected chi connectivity index (χ0v) is 14.8. The number of anilines is 1. The number of rotatable bonds is 3. The molecule has 7 heteroatoms. The van der Waals surface area contributed by atoms with E-state index < -0.39 is 11.8 Å². The molecular formula is C19H11Cl2N3O2. The number of nitrogens with zero attached hydrogens (tertiary/aromatic N) is 2. The van der Waals surface area contributed by atoms with E-state index in [2.05, 4.69) is 10.2 Å². The highest BCUT2D eigenvalue weighted by Crippen LogP contribution is 2.33. The van der Waals surface area contributed by atoms with Gasteiger partial charge in [0.05, 0.1) is 16.9 Å². The monoisotopic (exact) mass is 383 g/mol. The molecule has 2 aromatic carbocycles. The summed E-state index contributed by atoms with van der Waals surface area (Å²) in [4.78, 5) is 25.5. The van der Waals surface area contributed by atoms with Crippen molar-refractivity contribution in [3.05, 3.63) is 69.9 Å². The Labute approximate surface area is 158 Å². The molecule has 26 heavy (non-hydrogen) atoms. The second-order valence-electron chi connectivity index (χ2n) is 5.62. The van der Waals surface area contributed by atoms with E-state index in [0.717, 1.165) is 21.5 Å². The van der Waals surface area contributed by atoms with Crippen LogP contribution in [0.1, 0.15) is 11.3 Å². The average molecular weight is 384 g/mol. The smallest absolute Gasteiger partial charge is 0.277 e. The van der Waals surface area contributed by atoms with Crippen molar-refractivity contribution in [1.82, 2.24) is 10.2 Å². The summed E-state index contributed by atoms with van der Waals surface area (Å²) in [5, 5.41) is 7.68. The topological polar surface area (TPSA) is 66.1 Å². The number of benzene rings is 2. The molecule has 128 valence electrons. The van der Waals surface area contributed by atoms with Crippen LogP contribution in [0.2, 0.25) is 0 Å². The zero-order valence-electron chi connectivity index (χ0n) is 13.2. The predicted molar refractivity (Wildman–Crippen MR) is 103 cm³/mol. The number of aromatic amines is 1. The number of hydrogen-bond acceptors (Lipinski definition) is 3. The van der Waals surface area contributed by atoms with E-state index in [9.17, 15) is 9.59 Å². The molecule has 4 rings (SSSR count). The summed E-state index contributed by atoms with van der Waals surface area (Å²) >= 11 is 11.7. The Bertz CT molecular complexity index is 1090. The molecular weight excluding hydrogens is 373 g/mol. The van der Waals surface area contributed by atoms with E-state index in [0.29, 0.717) is 11.3 Å². The number of fused-ring (bicyclic) bond motifs is 1. The number of hydrogen-bond donors (Lipinski definition) is 1. The van der Waals surface area contributed by atoms with Gasteiger partial charge in [0.15, 0.2) is 0 Å². The van der Waals surface area contributed by atoms with Crippen LogP contribution >= 0.6 is 23.2 Å².